The molecule has 0 heterocycles. The molecule has 0 aromatic heterocycles. The van der Waals surface area contributed by atoms with Crippen molar-refractivity contribution in [1.82, 2.24) is 9.44 Å². The third kappa shape index (κ3) is 5.29. The molecular formula is C12H17N3O2S. The maximum atomic E-state index is 11.4. The number of nitrogens with two attached hydrogens (primary N) is 1. The Morgan fingerprint density at radius 1 is 1.22 bits per heavy atom. The summed E-state index contributed by atoms with van der Waals surface area (Å²) < 4.78 is 27.5. The summed E-state index contributed by atoms with van der Waals surface area (Å²) in [5.74, 6) is 5.65. The van der Waals surface area contributed by atoms with E-state index in [1.54, 1.807) is 6.92 Å². The molecule has 98 valence electrons. The van der Waals surface area contributed by atoms with Crippen molar-refractivity contribution in [3.63, 3.8) is 0 Å². The van der Waals surface area contributed by atoms with Gasteiger partial charge in [0.05, 0.1) is 6.54 Å². The minimum atomic E-state index is -3.40. The molecule has 0 aliphatic rings. The average Bonchev–Trinajstić information content (AvgIpc) is 2.35. The van der Waals surface area contributed by atoms with Crippen molar-refractivity contribution in [2.45, 2.75) is 13.5 Å². The van der Waals surface area contributed by atoms with E-state index in [1.807, 2.05) is 24.3 Å². The first kappa shape index (κ1) is 14.7. The van der Waals surface area contributed by atoms with Crippen molar-refractivity contribution in [3.8, 4) is 11.8 Å². The second-order valence-corrected chi connectivity index (χ2v) is 5.11. The summed E-state index contributed by atoms with van der Waals surface area (Å²) >= 11 is 0. The minimum absolute atomic E-state index is 0.250. The predicted molar refractivity (Wildman–Crippen MR) is 71.8 cm³/mol. The summed E-state index contributed by atoms with van der Waals surface area (Å²) in [6.07, 6.45) is 0. The zero-order valence-corrected chi connectivity index (χ0v) is 11.0. The Kier molecular flexibility index (Phi) is 5.82. The van der Waals surface area contributed by atoms with E-state index >= 15 is 0 Å². The van der Waals surface area contributed by atoms with Crippen molar-refractivity contribution >= 4 is 10.2 Å². The first-order valence-corrected chi connectivity index (χ1v) is 7.08. The number of nitrogens with one attached hydrogen (secondary N) is 2. The van der Waals surface area contributed by atoms with Crippen LogP contribution in [0.4, 0.5) is 0 Å². The number of hydrogen-bond acceptors (Lipinski definition) is 3. The Balaban J connectivity index is 2.59. The second-order valence-electron chi connectivity index (χ2n) is 3.53. The lowest BCUT2D eigenvalue weighted by atomic mass is 10.1. The molecule has 6 heteroatoms. The maximum absolute atomic E-state index is 11.4. The Morgan fingerprint density at radius 2 is 1.89 bits per heavy atom. The minimum Gasteiger partial charge on any atom is -0.320 e. The Labute approximate surface area is 108 Å². The van der Waals surface area contributed by atoms with E-state index in [9.17, 15) is 8.42 Å². The zero-order valence-electron chi connectivity index (χ0n) is 10.2. The largest absolute Gasteiger partial charge is 0.320 e. The molecule has 1 aromatic rings. The van der Waals surface area contributed by atoms with Gasteiger partial charge in [-0.2, -0.15) is 13.1 Å². The molecule has 0 amide bonds. The molecule has 0 unspecified atom stereocenters. The van der Waals surface area contributed by atoms with Crippen LogP contribution in [0.2, 0.25) is 0 Å². The SMILES string of the molecule is CCNS(=O)(=O)NCc1ccc(C#CCN)cc1. The third-order valence-electron chi connectivity index (χ3n) is 2.09. The highest BCUT2D eigenvalue weighted by Crippen LogP contribution is 2.03. The monoisotopic (exact) mass is 267 g/mol. The summed E-state index contributed by atoms with van der Waals surface area (Å²) in [4.78, 5) is 0. The highest BCUT2D eigenvalue weighted by atomic mass is 32.2. The zero-order chi connectivity index (χ0) is 13.4. The van der Waals surface area contributed by atoms with Gasteiger partial charge in [0.25, 0.3) is 10.2 Å². The van der Waals surface area contributed by atoms with Crippen molar-refractivity contribution in [3.05, 3.63) is 35.4 Å². The molecule has 0 spiro atoms. The summed E-state index contributed by atoms with van der Waals surface area (Å²) in [5, 5.41) is 0. The van der Waals surface area contributed by atoms with E-state index in [2.05, 4.69) is 21.3 Å². The molecule has 0 saturated heterocycles. The van der Waals surface area contributed by atoms with Gasteiger partial charge >= 0.3 is 0 Å². The van der Waals surface area contributed by atoms with E-state index in [1.165, 1.54) is 0 Å². The fourth-order valence-corrected chi connectivity index (χ4v) is 2.12. The molecule has 0 aliphatic carbocycles. The number of hydrogen-bond donors (Lipinski definition) is 3. The predicted octanol–water partition coefficient (Wildman–Crippen LogP) is -0.0593. The lowest BCUT2D eigenvalue weighted by Gasteiger charge is -2.06. The molecule has 0 bridgehead atoms. The summed E-state index contributed by atoms with van der Waals surface area (Å²) in [6.45, 7) is 2.66. The van der Waals surface area contributed by atoms with Gasteiger partial charge in [-0.1, -0.05) is 30.9 Å². The lowest BCUT2D eigenvalue weighted by molar-refractivity contribution is 0.568. The number of benzene rings is 1. The highest BCUT2D eigenvalue weighted by molar-refractivity contribution is 7.87. The van der Waals surface area contributed by atoms with Gasteiger partial charge in [0.15, 0.2) is 0 Å². The second kappa shape index (κ2) is 7.13. The van der Waals surface area contributed by atoms with Gasteiger partial charge in [-0.25, -0.2) is 4.72 Å². The first-order valence-electron chi connectivity index (χ1n) is 5.59. The Hall–Kier alpha value is -1.39. The van der Waals surface area contributed by atoms with Gasteiger partial charge in [-0.05, 0) is 17.7 Å². The third-order valence-corrected chi connectivity index (χ3v) is 3.28. The standard InChI is InChI=1S/C12H17N3O2S/c1-2-14-18(16,17)15-10-12-7-5-11(6-8-12)4-3-9-13/h5-8,14-15H,2,9-10,13H2,1H3. The summed E-state index contributed by atoms with van der Waals surface area (Å²) in [7, 11) is -3.40. The van der Waals surface area contributed by atoms with E-state index in [0.717, 1.165) is 11.1 Å². The lowest BCUT2D eigenvalue weighted by Crippen LogP contribution is -2.35. The van der Waals surface area contributed by atoms with Gasteiger partial charge in [0.1, 0.15) is 0 Å². The molecule has 0 atom stereocenters. The Bertz CT molecular complexity index is 527. The van der Waals surface area contributed by atoms with Gasteiger partial charge in [-0.3, -0.25) is 0 Å². The van der Waals surface area contributed by atoms with Gasteiger partial charge in [0, 0.05) is 18.7 Å². The van der Waals surface area contributed by atoms with E-state index < -0.39 is 10.2 Å². The van der Waals surface area contributed by atoms with Crippen LogP contribution in [0.25, 0.3) is 0 Å². The first-order chi connectivity index (χ1) is 8.57. The van der Waals surface area contributed by atoms with E-state index in [-0.39, 0.29) is 6.54 Å². The van der Waals surface area contributed by atoms with Crippen molar-refractivity contribution in [2.24, 2.45) is 5.73 Å². The molecule has 5 nitrogen and oxygen atoms in total. The average molecular weight is 267 g/mol. The topological polar surface area (TPSA) is 84.2 Å². The molecule has 18 heavy (non-hydrogen) atoms. The van der Waals surface area contributed by atoms with Crippen LogP contribution in [0, 0.1) is 11.8 Å². The van der Waals surface area contributed by atoms with Crippen molar-refractivity contribution in [2.75, 3.05) is 13.1 Å². The molecule has 1 aromatic carbocycles. The molecule has 0 radical (unpaired) electrons. The van der Waals surface area contributed by atoms with Gasteiger partial charge in [0.2, 0.25) is 0 Å². The smallest absolute Gasteiger partial charge is 0.277 e. The van der Waals surface area contributed by atoms with Gasteiger partial charge in [-0.15, -0.1) is 0 Å². The molecule has 4 N–H and O–H groups in total. The van der Waals surface area contributed by atoms with E-state index in [4.69, 9.17) is 5.73 Å². The maximum Gasteiger partial charge on any atom is 0.277 e. The Morgan fingerprint density at radius 3 is 2.44 bits per heavy atom. The van der Waals surface area contributed by atoms with Crippen molar-refractivity contribution in [1.29, 1.82) is 0 Å². The molecule has 1 rings (SSSR count). The summed E-state index contributed by atoms with van der Waals surface area (Å²) in [5.41, 5.74) is 7.00. The van der Waals surface area contributed by atoms with Crippen LogP contribution in [-0.4, -0.2) is 21.5 Å². The molecular weight excluding hydrogens is 250 g/mol. The van der Waals surface area contributed by atoms with Crippen LogP contribution in [-0.2, 0) is 16.8 Å². The summed E-state index contributed by atoms with van der Waals surface area (Å²) in [6, 6.07) is 7.32. The van der Waals surface area contributed by atoms with Gasteiger partial charge < -0.3 is 5.73 Å². The number of rotatable bonds is 5. The van der Waals surface area contributed by atoms with Crippen LogP contribution in [0.3, 0.4) is 0 Å². The van der Waals surface area contributed by atoms with Crippen molar-refractivity contribution < 1.29 is 8.42 Å². The van der Waals surface area contributed by atoms with Crippen LogP contribution in [0.1, 0.15) is 18.1 Å². The highest BCUT2D eigenvalue weighted by Gasteiger charge is 2.06. The van der Waals surface area contributed by atoms with Crippen LogP contribution in [0.5, 0.6) is 0 Å². The van der Waals surface area contributed by atoms with Crippen LogP contribution < -0.4 is 15.2 Å². The quantitative estimate of drug-likeness (QED) is 0.654. The molecule has 0 aliphatic heterocycles. The molecule has 0 saturated carbocycles. The molecule has 0 fully saturated rings. The van der Waals surface area contributed by atoms with Crippen LogP contribution in [0.15, 0.2) is 24.3 Å². The fourth-order valence-electron chi connectivity index (χ4n) is 1.28. The van der Waals surface area contributed by atoms with E-state index in [0.29, 0.717) is 13.1 Å². The van der Waals surface area contributed by atoms with Crippen LogP contribution >= 0.6 is 0 Å². The fraction of sp³-hybridized carbons (Fsp3) is 0.333. The normalized spacial score (nSPS) is 10.8.